The van der Waals surface area contributed by atoms with Crippen LogP contribution in [0.5, 0.6) is 0 Å². The van der Waals surface area contributed by atoms with E-state index in [9.17, 15) is 14.4 Å². The minimum absolute atomic E-state index is 0.0547. The summed E-state index contributed by atoms with van der Waals surface area (Å²) in [7, 11) is 0. The molecule has 0 radical (unpaired) electrons. The second-order valence-electron chi connectivity index (χ2n) is 4.17. The lowest BCUT2D eigenvalue weighted by Crippen LogP contribution is -2.35. The Kier molecular flexibility index (Phi) is 5.35. The summed E-state index contributed by atoms with van der Waals surface area (Å²) in [5.41, 5.74) is -0.715. The van der Waals surface area contributed by atoms with E-state index in [0.717, 1.165) is 12.8 Å². The SMILES string of the molecule is CCCN(CCC)C(=O)Cc1cc(=O)[nH]c(=O)[nH]1. The standard InChI is InChI=1S/C12H19N3O3/c1-3-5-15(6-4-2)11(17)8-9-7-10(16)14-12(18)13-9/h7H,3-6,8H2,1-2H3,(H2,13,14,16,18). The molecular weight excluding hydrogens is 234 g/mol. The van der Waals surface area contributed by atoms with E-state index in [1.807, 2.05) is 13.8 Å². The topological polar surface area (TPSA) is 86.0 Å². The van der Waals surface area contributed by atoms with Crippen molar-refractivity contribution in [2.75, 3.05) is 13.1 Å². The van der Waals surface area contributed by atoms with Gasteiger partial charge in [0.1, 0.15) is 0 Å². The zero-order valence-electron chi connectivity index (χ0n) is 10.8. The minimum Gasteiger partial charge on any atom is -0.342 e. The van der Waals surface area contributed by atoms with Gasteiger partial charge in [-0.2, -0.15) is 0 Å². The van der Waals surface area contributed by atoms with E-state index in [2.05, 4.69) is 9.97 Å². The summed E-state index contributed by atoms with van der Waals surface area (Å²) in [5, 5.41) is 0. The fourth-order valence-electron chi connectivity index (χ4n) is 1.79. The summed E-state index contributed by atoms with van der Waals surface area (Å²) < 4.78 is 0. The number of aromatic amines is 2. The van der Waals surface area contributed by atoms with Crippen molar-refractivity contribution in [3.05, 3.63) is 32.6 Å². The monoisotopic (exact) mass is 253 g/mol. The van der Waals surface area contributed by atoms with Gasteiger partial charge in [0.15, 0.2) is 0 Å². The normalized spacial score (nSPS) is 10.3. The van der Waals surface area contributed by atoms with Crippen LogP contribution >= 0.6 is 0 Å². The number of hydrogen-bond acceptors (Lipinski definition) is 3. The first-order chi connectivity index (χ1) is 8.56. The molecule has 6 heteroatoms. The van der Waals surface area contributed by atoms with Crippen LogP contribution in [0.4, 0.5) is 0 Å². The van der Waals surface area contributed by atoms with Crippen molar-refractivity contribution in [3.8, 4) is 0 Å². The fourth-order valence-corrected chi connectivity index (χ4v) is 1.79. The molecular formula is C12H19N3O3. The molecule has 1 amide bonds. The van der Waals surface area contributed by atoms with Crippen LogP contribution in [0.15, 0.2) is 15.7 Å². The summed E-state index contributed by atoms with van der Waals surface area (Å²) in [6.07, 6.45) is 1.83. The predicted molar refractivity (Wildman–Crippen MR) is 68.5 cm³/mol. The number of aromatic nitrogens is 2. The summed E-state index contributed by atoms with van der Waals surface area (Å²) in [4.78, 5) is 40.5. The van der Waals surface area contributed by atoms with Gasteiger partial charge in [0.25, 0.3) is 5.56 Å². The van der Waals surface area contributed by atoms with Crippen LogP contribution in [-0.2, 0) is 11.2 Å². The second-order valence-corrected chi connectivity index (χ2v) is 4.17. The number of amides is 1. The van der Waals surface area contributed by atoms with E-state index in [0.29, 0.717) is 18.8 Å². The Bertz CT molecular complexity index is 470. The number of carbonyl (C=O) groups excluding carboxylic acids is 1. The first-order valence-corrected chi connectivity index (χ1v) is 6.17. The van der Waals surface area contributed by atoms with E-state index in [1.165, 1.54) is 6.07 Å². The molecule has 0 bridgehead atoms. The highest BCUT2D eigenvalue weighted by Gasteiger charge is 2.13. The van der Waals surface area contributed by atoms with Crippen molar-refractivity contribution in [1.82, 2.24) is 14.9 Å². The average molecular weight is 253 g/mol. The molecule has 1 rings (SSSR count). The highest BCUT2D eigenvalue weighted by molar-refractivity contribution is 5.78. The summed E-state index contributed by atoms with van der Waals surface area (Å²) in [5.74, 6) is -0.0695. The number of nitrogens with zero attached hydrogens (tertiary/aromatic N) is 1. The first-order valence-electron chi connectivity index (χ1n) is 6.17. The average Bonchev–Trinajstić information content (AvgIpc) is 2.27. The van der Waals surface area contributed by atoms with Crippen LogP contribution in [-0.4, -0.2) is 33.9 Å². The van der Waals surface area contributed by atoms with Crippen LogP contribution in [0.3, 0.4) is 0 Å². The van der Waals surface area contributed by atoms with Crippen LogP contribution < -0.4 is 11.2 Å². The van der Waals surface area contributed by atoms with Gasteiger partial charge < -0.3 is 9.88 Å². The zero-order valence-corrected chi connectivity index (χ0v) is 10.8. The molecule has 0 saturated heterocycles. The summed E-state index contributed by atoms with van der Waals surface area (Å²) in [6.45, 7) is 5.40. The highest BCUT2D eigenvalue weighted by atomic mass is 16.2. The van der Waals surface area contributed by atoms with E-state index in [4.69, 9.17) is 0 Å². The Morgan fingerprint density at radius 1 is 1.17 bits per heavy atom. The quantitative estimate of drug-likeness (QED) is 0.762. The lowest BCUT2D eigenvalue weighted by atomic mass is 10.2. The van der Waals surface area contributed by atoms with E-state index < -0.39 is 11.2 Å². The van der Waals surface area contributed by atoms with Gasteiger partial charge in [0.05, 0.1) is 6.42 Å². The van der Waals surface area contributed by atoms with Gasteiger partial charge in [0.2, 0.25) is 5.91 Å². The molecule has 0 saturated carbocycles. The van der Waals surface area contributed by atoms with Gasteiger partial charge in [-0.25, -0.2) is 4.79 Å². The van der Waals surface area contributed by atoms with Gasteiger partial charge >= 0.3 is 5.69 Å². The largest absolute Gasteiger partial charge is 0.342 e. The van der Waals surface area contributed by atoms with Gasteiger partial charge in [-0.15, -0.1) is 0 Å². The maximum atomic E-state index is 12.0. The molecule has 0 atom stereocenters. The molecule has 18 heavy (non-hydrogen) atoms. The lowest BCUT2D eigenvalue weighted by Gasteiger charge is -2.21. The van der Waals surface area contributed by atoms with Crippen LogP contribution in [0, 0.1) is 0 Å². The van der Waals surface area contributed by atoms with Crippen LogP contribution in [0.2, 0.25) is 0 Å². The van der Waals surface area contributed by atoms with Crippen molar-refractivity contribution >= 4 is 5.91 Å². The molecule has 0 spiro atoms. The lowest BCUT2D eigenvalue weighted by molar-refractivity contribution is -0.130. The van der Waals surface area contributed by atoms with Gasteiger partial charge in [-0.3, -0.25) is 14.6 Å². The van der Waals surface area contributed by atoms with E-state index in [-0.39, 0.29) is 12.3 Å². The molecule has 0 aliphatic heterocycles. The molecule has 0 fully saturated rings. The highest BCUT2D eigenvalue weighted by Crippen LogP contribution is 2.00. The van der Waals surface area contributed by atoms with Crippen molar-refractivity contribution in [3.63, 3.8) is 0 Å². The Labute approximate surface area is 105 Å². The maximum absolute atomic E-state index is 12.0. The van der Waals surface area contributed by atoms with E-state index in [1.54, 1.807) is 4.90 Å². The van der Waals surface area contributed by atoms with Crippen molar-refractivity contribution in [2.45, 2.75) is 33.1 Å². The predicted octanol–water partition coefficient (Wildman–Crippen LogP) is 0.254. The molecule has 1 heterocycles. The third kappa shape index (κ3) is 4.20. The molecule has 0 aliphatic carbocycles. The first kappa shape index (κ1) is 14.2. The Morgan fingerprint density at radius 2 is 1.78 bits per heavy atom. The molecule has 2 N–H and O–H groups in total. The third-order valence-corrected chi connectivity index (χ3v) is 2.50. The summed E-state index contributed by atoms with van der Waals surface area (Å²) in [6, 6.07) is 1.25. The Hall–Kier alpha value is -1.85. The summed E-state index contributed by atoms with van der Waals surface area (Å²) >= 11 is 0. The molecule has 0 unspecified atom stereocenters. The van der Waals surface area contributed by atoms with Crippen molar-refractivity contribution in [1.29, 1.82) is 0 Å². The second kappa shape index (κ2) is 6.78. The van der Waals surface area contributed by atoms with Crippen molar-refractivity contribution < 1.29 is 4.79 Å². The molecule has 1 aromatic rings. The minimum atomic E-state index is -0.581. The van der Waals surface area contributed by atoms with Crippen molar-refractivity contribution in [2.24, 2.45) is 0 Å². The Morgan fingerprint density at radius 3 is 2.28 bits per heavy atom. The number of hydrogen-bond donors (Lipinski definition) is 2. The smallest absolute Gasteiger partial charge is 0.325 e. The molecule has 6 nitrogen and oxygen atoms in total. The molecule has 100 valence electrons. The van der Waals surface area contributed by atoms with Crippen LogP contribution in [0.25, 0.3) is 0 Å². The number of nitrogens with one attached hydrogen (secondary N) is 2. The number of H-pyrrole nitrogens is 2. The zero-order chi connectivity index (χ0) is 13.5. The van der Waals surface area contributed by atoms with Gasteiger partial charge in [0, 0.05) is 24.8 Å². The molecule has 1 aromatic heterocycles. The Balaban J connectivity index is 2.78. The molecule has 0 aliphatic rings. The molecule has 0 aromatic carbocycles. The maximum Gasteiger partial charge on any atom is 0.325 e. The van der Waals surface area contributed by atoms with Gasteiger partial charge in [-0.05, 0) is 12.8 Å². The van der Waals surface area contributed by atoms with Crippen LogP contribution in [0.1, 0.15) is 32.4 Å². The number of rotatable bonds is 6. The third-order valence-electron chi connectivity index (χ3n) is 2.50. The fraction of sp³-hybridized carbons (Fsp3) is 0.583. The number of carbonyl (C=O) groups is 1. The van der Waals surface area contributed by atoms with E-state index >= 15 is 0 Å². The van der Waals surface area contributed by atoms with Gasteiger partial charge in [-0.1, -0.05) is 13.8 Å².